The van der Waals surface area contributed by atoms with Crippen LogP contribution in [0, 0.1) is 0 Å². The number of aliphatic carboxylic acids is 1. The molecule has 0 saturated carbocycles. The summed E-state index contributed by atoms with van der Waals surface area (Å²) in [6.07, 6.45) is 27.4. The normalized spacial score (nSPS) is 13.4. The molecule has 0 spiro atoms. The highest BCUT2D eigenvalue weighted by Crippen LogP contribution is 2.36. The van der Waals surface area contributed by atoms with Gasteiger partial charge >= 0.3 is 13.6 Å². The molecule has 0 aliphatic carbocycles. The third-order valence-corrected chi connectivity index (χ3v) is 6.60. The van der Waals surface area contributed by atoms with Crippen molar-refractivity contribution in [1.82, 2.24) is 5.32 Å². The summed E-state index contributed by atoms with van der Waals surface area (Å²) in [4.78, 5) is 42.7. The molecule has 0 aliphatic heterocycles. The average Bonchev–Trinajstić information content (AvgIpc) is 2.85. The van der Waals surface area contributed by atoms with Crippen LogP contribution in [-0.2, 0) is 20.6 Å². The molecule has 0 bridgehead atoms. The number of phenols is 1. The van der Waals surface area contributed by atoms with E-state index in [4.69, 9.17) is 0 Å². The number of nitrogens with one attached hydrogen (secondary N) is 1. The second kappa shape index (κ2) is 19.0. The molecular weight excluding hydrogens is 505 g/mol. The Balaban J connectivity index is 2.43. The Hall–Kier alpha value is -3.19. The van der Waals surface area contributed by atoms with Gasteiger partial charge in [-0.1, -0.05) is 106 Å². The first-order chi connectivity index (χ1) is 18.1. The van der Waals surface area contributed by atoms with Gasteiger partial charge in [0.1, 0.15) is 11.8 Å². The highest BCUT2D eigenvalue weighted by atomic mass is 31.2. The number of amides is 1. The smallest absolute Gasteiger partial charge is 0.356 e. The Morgan fingerprint density at radius 2 is 1.47 bits per heavy atom. The molecule has 0 radical (unpaired) electrons. The van der Waals surface area contributed by atoms with E-state index in [-0.39, 0.29) is 17.7 Å². The number of benzene rings is 1. The molecule has 0 aliphatic rings. The van der Waals surface area contributed by atoms with Gasteiger partial charge in [0.25, 0.3) is 0 Å². The number of carbonyl (C=O) groups is 2. The van der Waals surface area contributed by atoms with Crippen LogP contribution in [0.25, 0.3) is 0 Å². The molecule has 208 valence electrons. The maximum atomic E-state index is 12.1. The SMILES string of the molecule is CCCCCCCCCC=CC=CC=CC=CC=CC(=O)N[C@@H](Cc1ccc(O)cc1P(=O)(O)O)C(=O)O. The summed E-state index contributed by atoms with van der Waals surface area (Å²) in [5, 5.41) is 20.8. The Bertz CT molecular complexity index is 1070. The van der Waals surface area contributed by atoms with E-state index in [1.807, 2.05) is 24.3 Å². The fourth-order valence-corrected chi connectivity index (χ4v) is 4.40. The third-order valence-electron chi connectivity index (χ3n) is 5.56. The van der Waals surface area contributed by atoms with Crippen molar-refractivity contribution in [2.24, 2.45) is 0 Å². The minimum atomic E-state index is -4.76. The number of hydrogen-bond acceptors (Lipinski definition) is 4. The number of carboxylic acids is 1. The van der Waals surface area contributed by atoms with Gasteiger partial charge in [0.15, 0.2) is 0 Å². The summed E-state index contributed by atoms with van der Waals surface area (Å²) in [6.45, 7) is 2.23. The number of rotatable bonds is 18. The maximum absolute atomic E-state index is 12.1. The second-order valence-corrected chi connectivity index (χ2v) is 10.4. The zero-order valence-corrected chi connectivity index (χ0v) is 22.8. The van der Waals surface area contributed by atoms with Crippen LogP contribution >= 0.6 is 7.60 Å². The Labute approximate surface area is 225 Å². The number of aromatic hydroxyl groups is 1. The molecule has 0 aromatic heterocycles. The van der Waals surface area contributed by atoms with Crippen molar-refractivity contribution in [2.45, 2.75) is 70.8 Å². The first-order valence-electron chi connectivity index (χ1n) is 12.9. The van der Waals surface area contributed by atoms with E-state index in [2.05, 4.69) is 18.3 Å². The summed E-state index contributed by atoms with van der Waals surface area (Å²) in [5.41, 5.74) is 0.0125. The van der Waals surface area contributed by atoms with Crippen LogP contribution in [0.5, 0.6) is 5.75 Å². The minimum Gasteiger partial charge on any atom is -0.508 e. The third kappa shape index (κ3) is 15.2. The van der Waals surface area contributed by atoms with Crippen molar-refractivity contribution in [2.75, 3.05) is 0 Å². The topological polar surface area (TPSA) is 144 Å². The highest BCUT2D eigenvalue weighted by Gasteiger charge is 2.27. The van der Waals surface area contributed by atoms with E-state index >= 15 is 0 Å². The van der Waals surface area contributed by atoms with Crippen LogP contribution in [-0.4, -0.2) is 37.9 Å². The number of carboxylic acid groups (broad SMARTS) is 1. The van der Waals surface area contributed by atoms with Gasteiger partial charge in [-0.3, -0.25) is 9.36 Å². The molecule has 1 amide bonds. The lowest BCUT2D eigenvalue weighted by Crippen LogP contribution is -2.42. The molecule has 1 aromatic carbocycles. The van der Waals surface area contributed by atoms with Crippen LogP contribution in [0.1, 0.15) is 63.9 Å². The molecule has 5 N–H and O–H groups in total. The summed E-state index contributed by atoms with van der Waals surface area (Å²) < 4.78 is 11.7. The van der Waals surface area contributed by atoms with E-state index < -0.39 is 30.8 Å². The van der Waals surface area contributed by atoms with E-state index in [1.54, 1.807) is 18.2 Å². The largest absolute Gasteiger partial charge is 0.508 e. The van der Waals surface area contributed by atoms with E-state index in [9.17, 15) is 34.2 Å². The van der Waals surface area contributed by atoms with Gasteiger partial charge < -0.3 is 25.3 Å². The van der Waals surface area contributed by atoms with E-state index in [0.29, 0.717) is 0 Å². The van der Waals surface area contributed by atoms with Gasteiger partial charge in [-0.2, -0.15) is 0 Å². The summed E-state index contributed by atoms with van der Waals surface area (Å²) >= 11 is 0. The first kappa shape index (κ1) is 32.8. The number of carbonyl (C=O) groups excluding carboxylic acids is 1. The van der Waals surface area contributed by atoms with Crippen LogP contribution in [0.4, 0.5) is 0 Å². The Morgan fingerprint density at radius 3 is 2.08 bits per heavy atom. The number of hydrogen-bond donors (Lipinski definition) is 5. The first-order valence-corrected chi connectivity index (χ1v) is 14.5. The highest BCUT2D eigenvalue weighted by molar-refractivity contribution is 7.60. The molecule has 9 heteroatoms. The van der Waals surface area contributed by atoms with Gasteiger partial charge in [0.05, 0.1) is 5.30 Å². The second-order valence-electron chi connectivity index (χ2n) is 8.81. The molecule has 8 nitrogen and oxygen atoms in total. The lowest BCUT2D eigenvalue weighted by atomic mass is 10.1. The summed E-state index contributed by atoms with van der Waals surface area (Å²) in [7, 11) is -4.76. The van der Waals surface area contributed by atoms with Gasteiger partial charge in [-0.05, 0) is 30.5 Å². The lowest BCUT2D eigenvalue weighted by Gasteiger charge is -2.16. The van der Waals surface area contributed by atoms with Gasteiger partial charge in [-0.25, -0.2) is 4.79 Å². The lowest BCUT2D eigenvalue weighted by molar-refractivity contribution is -0.141. The van der Waals surface area contributed by atoms with Crippen molar-refractivity contribution >= 4 is 24.8 Å². The van der Waals surface area contributed by atoms with Crippen LogP contribution in [0.2, 0.25) is 0 Å². The zero-order valence-electron chi connectivity index (χ0n) is 21.9. The summed E-state index contributed by atoms with van der Waals surface area (Å²) in [6, 6.07) is 1.88. The molecule has 1 aromatic rings. The van der Waals surface area contributed by atoms with E-state index in [1.165, 1.54) is 63.2 Å². The van der Waals surface area contributed by atoms with Gasteiger partial charge in [0, 0.05) is 12.5 Å². The maximum Gasteiger partial charge on any atom is 0.356 e. The predicted molar refractivity (Wildman–Crippen MR) is 151 cm³/mol. The molecular formula is C29H40NO7P. The van der Waals surface area contributed by atoms with Crippen molar-refractivity contribution in [3.05, 3.63) is 84.5 Å². The van der Waals surface area contributed by atoms with Crippen LogP contribution < -0.4 is 10.6 Å². The molecule has 1 atom stereocenters. The Morgan fingerprint density at radius 1 is 0.895 bits per heavy atom. The fraction of sp³-hybridized carbons (Fsp3) is 0.379. The number of unbranched alkanes of at least 4 members (excludes halogenated alkanes) is 7. The van der Waals surface area contributed by atoms with Crippen molar-refractivity contribution in [1.29, 1.82) is 0 Å². The Kier molecular flexibility index (Phi) is 16.4. The minimum absolute atomic E-state index is 0.0125. The molecule has 0 heterocycles. The van der Waals surface area contributed by atoms with Gasteiger partial charge in [0.2, 0.25) is 5.91 Å². The van der Waals surface area contributed by atoms with Crippen LogP contribution in [0.15, 0.2) is 79.0 Å². The molecule has 1 rings (SSSR count). The number of phenolic OH excluding ortho intramolecular Hbond substituents is 1. The molecule has 38 heavy (non-hydrogen) atoms. The van der Waals surface area contributed by atoms with Crippen molar-refractivity contribution < 1.29 is 34.2 Å². The van der Waals surface area contributed by atoms with Gasteiger partial charge in [-0.15, -0.1) is 0 Å². The average molecular weight is 546 g/mol. The monoisotopic (exact) mass is 545 g/mol. The quantitative estimate of drug-likeness (QED) is 0.0735. The van der Waals surface area contributed by atoms with E-state index in [0.717, 1.165) is 18.6 Å². The predicted octanol–water partition coefficient (Wildman–Crippen LogP) is 5.23. The fourth-order valence-electron chi connectivity index (χ4n) is 3.56. The standard InChI is InChI=1S/C29H40NO7P/c1-2-3-4-5-6-7-8-9-10-11-12-13-14-15-16-17-18-19-28(32)30-26(29(33)34)22-24-20-21-25(31)23-27(24)38(35,36)37/h10-21,23,26,31H,2-9,22H2,1H3,(H,30,32)(H,33,34)(H2,35,36,37)/t26-/m0/s1. The molecule has 0 saturated heterocycles. The van der Waals surface area contributed by atoms with Crippen molar-refractivity contribution in [3.63, 3.8) is 0 Å². The zero-order chi connectivity index (χ0) is 28.2. The number of allylic oxidation sites excluding steroid dienone is 9. The molecule has 0 unspecified atom stereocenters. The summed E-state index contributed by atoms with van der Waals surface area (Å²) in [5.74, 6) is -2.40. The van der Waals surface area contributed by atoms with Crippen molar-refractivity contribution in [3.8, 4) is 5.75 Å². The molecule has 0 fully saturated rings. The van der Waals surface area contributed by atoms with Crippen LogP contribution in [0.3, 0.4) is 0 Å².